The Morgan fingerprint density at radius 2 is 1.89 bits per heavy atom. The maximum absolute atomic E-state index is 11.8. The fourth-order valence-corrected chi connectivity index (χ4v) is 3.23. The van der Waals surface area contributed by atoms with Crippen LogP contribution in [0.3, 0.4) is 0 Å². The molecule has 0 radical (unpaired) electrons. The molecule has 0 fully saturated rings. The number of carboxylic acid groups (broad SMARTS) is 1. The number of benzene rings is 1. The molecule has 0 bridgehead atoms. The molecule has 1 amide bonds. The number of nitrogens with one attached hydrogen (secondary N) is 1. The maximum atomic E-state index is 11.8. The Kier molecular flexibility index (Phi) is 6.84. The minimum atomic E-state index is -1.13. The number of carboxylic acids is 1. The summed E-state index contributed by atoms with van der Waals surface area (Å²) in [6, 6.07) is 7.81. The molecule has 2 aromatic rings. The molecule has 1 heterocycles. The van der Waals surface area contributed by atoms with Gasteiger partial charge in [-0.1, -0.05) is 0 Å². The van der Waals surface area contributed by atoms with Gasteiger partial charge in [-0.15, -0.1) is 0 Å². The second kappa shape index (κ2) is 8.72. The van der Waals surface area contributed by atoms with Gasteiger partial charge in [-0.2, -0.15) is 0 Å². The molecule has 1 aromatic heterocycles. The molecule has 0 aliphatic carbocycles. The first-order valence-electron chi connectivity index (χ1n) is 8.15. The van der Waals surface area contributed by atoms with Crippen molar-refractivity contribution in [2.75, 3.05) is 0 Å². The van der Waals surface area contributed by atoms with Crippen LogP contribution < -0.4 is 9.93 Å². The molecule has 0 aliphatic heterocycles. The van der Waals surface area contributed by atoms with Crippen LogP contribution in [0.25, 0.3) is 11.3 Å². The van der Waals surface area contributed by atoms with Crippen LogP contribution in [-0.2, 0) is 16.0 Å². The van der Waals surface area contributed by atoms with E-state index in [0.717, 1.165) is 11.1 Å². The number of hydrogen-bond donors (Lipinski definition) is 2. The molecule has 0 spiro atoms. The van der Waals surface area contributed by atoms with Crippen LogP contribution in [-0.4, -0.2) is 55.6 Å². The van der Waals surface area contributed by atoms with Crippen molar-refractivity contribution in [3.05, 3.63) is 41.0 Å². The molecule has 1 unspecified atom stereocenters. The van der Waals surface area contributed by atoms with Crippen molar-refractivity contribution < 1.29 is 19.4 Å². The van der Waals surface area contributed by atoms with E-state index in [1.54, 1.807) is 39.0 Å². The fourth-order valence-electron chi connectivity index (χ4n) is 2.28. The van der Waals surface area contributed by atoms with Gasteiger partial charge in [-0.25, -0.2) is 0 Å². The Morgan fingerprint density at radius 1 is 1.26 bits per heavy atom. The molecular formula is C18H21AsClN3O4. The Hall–Kier alpha value is -2.11. The van der Waals surface area contributed by atoms with Gasteiger partial charge in [-0.05, 0) is 20.8 Å². The average Bonchev–Trinajstić information content (AvgIpc) is 2.52. The van der Waals surface area contributed by atoms with E-state index in [-0.39, 0.29) is 6.42 Å². The average molecular weight is 454 g/mol. The number of nitrogens with zero attached hydrogens (tertiary/aromatic N) is 2. The molecule has 7 nitrogen and oxygen atoms in total. The predicted octanol–water partition coefficient (Wildman–Crippen LogP) is 1.58. The summed E-state index contributed by atoms with van der Waals surface area (Å²) in [6.45, 7) is 5.13. The van der Waals surface area contributed by atoms with Crippen molar-refractivity contribution in [2.24, 2.45) is 0 Å². The van der Waals surface area contributed by atoms with E-state index in [2.05, 4.69) is 15.3 Å². The summed E-state index contributed by atoms with van der Waals surface area (Å²) in [5.41, 5.74) is 1.59. The number of carbonyl (C=O) groups excluding carboxylic acids is 1. The van der Waals surface area contributed by atoms with E-state index >= 15 is 0 Å². The third-order valence-electron chi connectivity index (χ3n) is 3.39. The summed E-state index contributed by atoms with van der Waals surface area (Å²) in [4.78, 5) is 31.7. The molecule has 9 heteroatoms. The summed E-state index contributed by atoms with van der Waals surface area (Å²) in [7, 11) is 0. The molecular weight excluding hydrogens is 433 g/mol. The molecule has 144 valence electrons. The summed E-state index contributed by atoms with van der Waals surface area (Å²) in [6.07, 6.45) is -0.638. The topological polar surface area (TPSA) is 101 Å². The predicted molar refractivity (Wildman–Crippen MR) is 105 cm³/mol. The van der Waals surface area contributed by atoms with Crippen LogP contribution in [0, 0.1) is 0 Å². The molecule has 1 aromatic carbocycles. The summed E-state index contributed by atoms with van der Waals surface area (Å²) < 4.78 is 5.74. The van der Waals surface area contributed by atoms with Crippen LogP contribution in [0.15, 0.2) is 30.3 Å². The molecule has 2 atom stereocenters. The van der Waals surface area contributed by atoms with Crippen LogP contribution in [0.1, 0.15) is 26.3 Å². The van der Waals surface area contributed by atoms with Gasteiger partial charge in [-0.3, -0.25) is 0 Å². The van der Waals surface area contributed by atoms with Gasteiger partial charge in [0, 0.05) is 0 Å². The van der Waals surface area contributed by atoms with Crippen molar-refractivity contribution in [1.29, 1.82) is 0 Å². The van der Waals surface area contributed by atoms with Crippen molar-refractivity contribution in [3.63, 3.8) is 0 Å². The van der Waals surface area contributed by atoms with Gasteiger partial charge in [0.25, 0.3) is 0 Å². The zero-order chi connectivity index (χ0) is 20.2. The number of amides is 1. The zero-order valence-electron chi connectivity index (χ0n) is 15.2. The number of aromatic nitrogens is 2. The van der Waals surface area contributed by atoms with E-state index in [1.807, 2.05) is 12.1 Å². The molecule has 0 saturated heterocycles. The van der Waals surface area contributed by atoms with Crippen molar-refractivity contribution in [3.8, 4) is 11.3 Å². The summed E-state index contributed by atoms with van der Waals surface area (Å²) >= 11 is 7.24. The molecule has 27 heavy (non-hydrogen) atoms. The van der Waals surface area contributed by atoms with Gasteiger partial charge in [0.05, 0.1) is 0 Å². The second-order valence-corrected chi connectivity index (χ2v) is 8.34. The van der Waals surface area contributed by atoms with Crippen molar-refractivity contribution in [2.45, 2.75) is 38.8 Å². The molecule has 0 saturated carbocycles. The number of hydrogen-bond acceptors (Lipinski definition) is 5. The first-order valence-corrected chi connectivity index (χ1v) is 9.74. The van der Waals surface area contributed by atoms with Crippen molar-refractivity contribution in [1.82, 2.24) is 15.3 Å². The van der Waals surface area contributed by atoms with E-state index < -0.39 is 23.7 Å². The van der Waals surface area contributed by atoms with Gasteiger partial charge in [0.1, 0.15) is 5.60 Å². The number of carbonyl (C=O) groups is 2. The van der Waals surface area contributed by atoms with Crippen LogP contribution in [0.2, 0.25) is 5.15 Å². The van der Waals surface area contributed by atoms with E-state index in [4.69, 9.17) is 16.3 Å². The van der Waals surface area contributed by atoms with E-state index in [1.165, 1.54) is 16.9 Å². The number of ether oxygens (including phenoxy) is 1. The van der Waals surface area contributed by atoms with Crippen LogP contribution in [0.4, 0.5) is 4.79 Å². The monoisotopic (exact) mass is 453 g/mol. The Balaban J connectivity index is 2.10. The third kappa shape index (κ3) is 6.85. The Morgan fingerprint density at radius 3 is 2.41 bits per heavy atom. The summed E-state index contributed by atoms with van der Waals surface area (Å²) in [5, 5.41) is 12.1. The normalized spacial score (nSPS) is 12.3. The van der Waals surface area contributed by atoms with Gasteiger partial charge in [0.2, 0.25) is 0 Å². The third-order valence-corrected chi connectivity index (χ3v) is 4.13. The quantitative estimate of drug-likeness (QED) is 0.526. The second-order valence-electron chi connectivity index (χ2n) is 6.87. The zero-order valence-corrected chi connectivity index (χ0v) is 18.4. The van der Waals surface area contributed by atoms with Gasteiger partial charge < -0.3 is 0 Å². The SMILES string of the molecule is CC(C)(C)OC(=O)N[C@@H](Cc1ccc(-c2cc(Cl)nc([AsH2])n2)cc1)C(=O)O. The Labute approximate surface area is 171 Å². The summed E-state index contributed by atoms with van der Waals surface area (Å²) in [5.74, 6) is -1.13. The first-order chi connectivity index (χ1) is 12.5. The standard InChI is InChI=1S/C18H21AsClN3O4/c1-18(2,3)27-17(26)22-13(15(24)25)8-10-4-6-11(7-5-10)12-9-14(20)23-16(19)21-12/h4-7,9,13H,8,19H2,1-3H3,(H,22,26)(H,24,25)/t13-/m0/s1. The number of halogens is 1. The van der Waals surface area contributed by atoms with E-state index in [0.29, 0.717) is 15.5 Å². The van der Waals surface area contributed by atoms with E-state index in [9.17, 15) is 14.7 Å². The number of rotatable bonds is 5. The van der Waals surface area contributed by atoms with Gasteiger partial charge in [0.15, 0.2) is 0 Å². The van der Waals surface area contributed by atoms with Gasteiger partial charge >= 0.3 is 145 Å². The molecule has 0 aliphatic rings. The number of aliphatic carboxylic acids is 1. The molecule has 2 rings (SSSR count). The minimum absolute atomic E-state index is 0.127. The Bertz CT molecular complexity index is 817. The molecule has 2 N–H and O–H groups in total. The fraction of sp³-hybridized carbons (Fsp3) is 0.333. The number of alkyl carbamates (subject to hydrolysis) is 1. The van der Waals surface area contributed by atoms with Crippen molar-refractivity contribution >= 4 is 45.1 Å². The first kappa shape index (κ1) is 21.2. The van der Waals surface area contributed by atoms with Crippen LogP contribution >= 0.6 is 11.6 Å². The van der Waals surface area contributed by atoms with Crippen LogP contribution in [0.5, 0.6) is 0 Å².